The van der Waals surface area contributed by atoms with Crippen LogP contribution in [-0.4, -0.2) is 18.2 Å². The molecule has 1 aliphatic heterocycles. The van der Waals surface area contributed by atoms with Crippen molar-refractivity contribution in [3.05, 3.63) is 64.3 Å². The summed E-state index contributed by atoms with van der Waals surface area (Å²) in [6.07, 6.45) is 1.68. The molecule has 1 heterocycles. The first kappa shape index (κ1) is 17.0. The number of aliphatic imine (C=N–C) groups is 1. The summed E-state index contributed by atoms with van der Waals surface area (Å²) in [4.78, 5) is 15.8. The molecule has 128 valence electrons. The molecule has 0 radical (unpaired) electrons. The predicted octanol–water partition coefficient (Wildman–Crippen LogP) is 3.34. The second-order valence-corrected chi connectivity index (χ2v) is 6.22. The molecule has 3 rings (SSSR count). The highest BCUT2D eigenvalue weighted by molar-refractivity contribution is 8.18. The standard InChI is InChI=1S/C18H15FN2O3S/c1-23-15-8-11(9-16-17(22)21-18(20)25-16)6-7-14(15)24-10-12-4-2-3-5-13(12)19/h2-9H,10H2,1H3,(H2,20,21,22). The quantitative estimate of drug-likeness (QED) is 0.830. The second-order valence-electron chi connectivity index (χ2n) is 5.16. The van der Waals surface area contributed by atoms with Crippen molar-refractivity contribution in [2.24, 2.45) is 10.7 Å². The monoisotopic (exact) mass is 358 g/mol. The molecule has 2 aromatic carbocycles. The van der Waals surface area contributed by atoms with Gasteiger partial charge in [0.25, 0.3) is 5.91 Å². The van der Waals surface area contributed by atoms with E-state index in [1.807, 2.05) is 0 Å². The zero-order chi connectivity index (χ0) is 17.8. The summed E-state index contributed by atoms with van der Waals surface area (Å²) in [6.45, 7) is 0.0855. The molecule has 7 heteroatoms. The van der Waals surface area contributed by atoms with E-state index in [0.29, 0.717) is 22.0 Å². The van der Waals surface area contributed by atoms with E-state index in [2.05, 4.69) is 4.99 Å². The lowest BCUT2D eigenvalue weighted by Gasteiger charge is -2.12. The van der Waals surface area contributed by atoms with Crippen molar-refractivity contribution >= 4 is 28.9 Å². The fourth-order valence-electron chi connectivity index (χ4n) is 2.24. The van der Waals surface area contributed by atoms with Crippen LogP contribution in [0.3, 0.4) is 0 Å². The summed E-state index contributed by atoms with van der Waals surface area (Å²) >= 11 is 1.12. The van der Waals surface area contributed by atoms with Crippen LogP contribution in [0.4, 0.5) is 4.39 Å². The first-order valence-corrected chi connectivity index (χ1v) is 8.21. The van der Waals surface area contributed by atoms with Gasteiger partial charge in [0.2, 0.25) is 0 Å². The van der Waals surface area contributed by atoms with Crippen LogP contribution in [0, 0.1) is 5.82 Å². The highest BCUT2D eigenvalue weighted by atomic mass is 32.2. The highest BCUT2D eigenvalue weighted by Gasteiger charge is 2.19. The largest absolute Gasteiger partial charge is 0.493 e. The fraction of sp³-hybridized carbons (Fsp3) is 0.111. The van der Waals surface area contributed by atoms with Gasteiger partial charge in [-0.25, -0.2) is 4.39 Å². The lowest BCUT2D eigenvalue weighted by atomic mass is 10.2. The van der Waals surface area contributed by atoms with Crippen LogP contribution in [0.25, 0.3) is 6.08 Å². The van der Waals surface area contributed by atoms with E-state index in [4.69, 9.17) is 15.2 Å². The zero-order valence-electron chi connectivity index (χ0n) is 13.4. The number of ether oxygens (including phenoxy) is 2. The van der Waals surface area contributed by atoms with Crippen molar-refractivity contribution in [1.82, 2.24) is 0 Å². The van der Waals surface area contributed by atoms with E-state index >= 15 is 0 Å². The third kappa shape index (κ3) is 4.00. The van der Waals surface area contributed by atoms with Gasteiger partial charge < -0.3 is 15.2 Å². The fourth-order valence-corrected chi connectivity index (χ4v) is 2.92. The maximum Gasteiger partial charge on any atom is 0.286 e. The summed E-state index contributed by atoms with van der Waals surface area (Å²) in [5, 5.41) is 0.230. The van der Waals surface area contributed by atoms with Gasteiger partial charge in [-0.1, -0.05) is 24.3 Å². The lowest BCUT2D eigenvalue weighted by molar-refractivity contribution is -0.113. The maximum absolute atomic E-state index is 13.7. The number of rotatable bonds is 5. The Bertz CT molecular complexity index is 880. The van der Waals surface area contributed by atoms with Gasteiger partial charge in [0.15, 0.2) is 16.7 Å². The van der Waals surface area contributed by atoms with Crippen LogP contribution in [0.2, 0.25) is 0 Å². The van der Waals surface area contributed by atoms with Gasteiger partial charge in [-0.3, -0.25) is 4.79 Å². The molecule has 25 heavy (non-hydrogen) atoms. The molecule has 0 bridgehead atoms. The van der Waals surface area contributed by atoms with Crippen LogP contribution in [0.1, 0.15) is 11.1 Å². The maximum atomic E-state index is 13.7. The molecule has 2 N–H and O–H groups in total. The molecule has 0 aromatic heterocycles. The number of carbonyl (C=O) groups excluding carboxylic acids is 1. The van der Waals surface area contributed by atoms with E-state index < -0.39 is 0 Å². The Morgan fingerprint density at radius 2 is 2.04 bits per heavy atom. The smallest absolute Gasteiger partial charge is 0.286 e. The van der Waals surface area contributed by atoms with Gasteiger partial charge >= 0.3 is 0 Å². The Balaban J connectivity index is 1.77. The van der Waals surface area contributed by atoms with Gasteiger partial charge in [-0.15, -0.1) is 0 Å². The number of nitrogens with two attached hydrogens (primary N) is 1. The average Bonchev–Trinajstić information content (AvgIpc) is 2.92. The Morgan fingerprint density at radius 1 is 1.24 bits per heavy atom. The van der Waals surface area contributed by atoms with Crippen LogP contribution in [-0.2, 0) is 11.4 Å². The van der Waals surface area contributed by atoms with Crippen LogP contribution < -0.4 is 15.2 Å². The summed E-state index contributed by atoms with van der Waals surface area (Å²) < 4.78 is 24.6. The number of nitrogens with zero attached hydrogens (tertiary/aromatic N) is 1. The van der Waals surface area contributed by atoms with Gasteiger partial charge in [0, 0.05) is 5.56 Å². The van der Waals surface area contributed by atoms with Crippen molar-refractivity contribution in [3.8, 4) is 11.5 Å². The van der Waals surface area contributed by atoms with Crippen LogP contribution in [0.15, 0.2) is 52.4 Å². The van der Waals surface area contributed by atoms with E-state index in [0.717, 1.165) is 17.3 Å². The van der Waals surface area contributed by atoms with Crippen LogP contribution >= 0.6 is 11.8 Å². The number of halogens is 1. The van der Waals surface area contributed by atoms with E-state index in [1.165, 1.54) is 13.2 Å². The number of hydrogen-bond acceptors (Lipinski definition) is 5. The van der Waals surface area contributed by atoms with E-state index in [-0.39, 0.29) is 23.5 Å². The van der Waals surface area contributed by atoms with Crippen LogP contribution in [0.5, 0.6) is 11.5 Å². The predicted molar refractivity (Wildman–Crippen MR) is 95.9 cm³/mol. The summed E-state index contributed by atoms with van der Waals surface area (Å²) in [6, 6.07) is 11.6. The number of benzene rings is 2. The van der Waals surface area contributed by atoms with E-state index in [9.17, 15) is 9.18 Å². The van der Waals surface area contributed by atoms with Crippen molar-refractivity contribution < 1.29 is 18.7 Å². The second kappa shape index (κ2) is 7.40. The summed E-state index contributed by atoms with van der Waals surface area (Å²) in [7, 11) is 1.51. The minimum Gasteiger partial charge on any atom is -0.493 e. The van der Waals surface area contributed by atoms with Gasteiger partial charge in [-0.2, -0.15) is 4.99 Å². The van der Waals surface area contributed by atoms with E-state index in [1.54, 1.807) is 42.5 Å². The number of carbonyl (C=O) groups is 1. The normalized spacial score (nSPS) is 15.4. The zero-order valence-corrected chi connectivity index (χ0v) is 14.2. The first-order valence-electron chi connectivity index (χ1n) is 7.39. The van der Waals surface area contributed by atoms with Gasteiger partial charge in [0.05, 0.1) is 12.0 Å². The molecule has 1 amide bonds. The number of amides is 1. The Morgan fingerprint density at radius 3 is 2.72 bits per heavy atom. The Kier molecular flexibility index (Phi) is 5.04. The molecule has 1 aliphatic rings. The Labute approximate surface area is 148 Å². The number of hydrogen-bond donors (Lipinski definition) is 1. The molecule has 2 aromatic rings. The molecule has 0 saturated heterocycles. The lowest BCUT2D eigenvalue weighted by Crippen LogP contribution is -2.01. The third-order valence-electron chi connectivity index (χ3n) is 3.46. The first-order chi connectivity index (χ1) is 12.1. The number of thioether (sulfide) groups is 1. The molecule has 0 saturated carbocycles. The van der Waals surface area contributed by atoms with Crippen molar-refractivity contribution in [1.29, 1.82) is 0 Å². The molecular formula is C18H15FN2O3S. The average molecular weight is 358 g/mol. The molecule has 0 atom stereocenters. The number of amidine groups is 1. The summed E-state index contributed by atoms with van der Waals surface area (Å²) in [5.41, 5.74) is 6.73. The minimum absolute atomic E-state index is 0.0855. The Hall–Kier alpha value is -2.80. The molecule has 0 spiro atoms. The summed E-state index contributed by atoms with van der Waals surface area (Å²) in [5.74, 6) is 0.280. The number of methoxy groups -OCH3 is 1. The van der Waals surface area contributed by atoms with Crippen molar-refractivity contribution in [2.75, 3.05) is 7.11 Å². The van der Waals surface area contributed by atoms with Crippen molar-refractivity contribution in [3.63, 3.8) is 0 Å². The molecular weight excluding hydrogens is 343 g/mol. The molecule has 0 unspecified atom stereocenters. The topological polar surface area (TPSA) is 73.9 Å². The highest BCUT2D eigenvalue weighted by Crippen LogP contribution is 2.32. The molecule has 0 aliphatic carbocycles. The van der Waals surface area contributed by atoms with Gasteiger partial charge in [-0.05, 0) is 41.6 Å². The SMILES string of the molecule is COc1cc(C=C2SC(N)=NC2=O)ccc1OCc1ccccc1F. The van der Waals surface area contributed by atoms with Gasteiger partial charge in [0.1, 0.15) is 12.4 Å². The van der Waals surface area contributed by atoms with Crippen molar-refractivity contribution in [2.45, 2.75) is 6.61 Å². The minimum atomic E-state index is -0.360. The molecule has 5 nitrogen and oxygen atoms in total. The third-order valence-corrected chi connectivity index (χ3v) is 4.28. The molecule has 0 fully saturated rings.